The summed E-state index contributed by atoms with van der Waals surface area (Å²) in [6, 6.07) is 17.4. The van der Waals surface area contributed by atoms with Crippen molar-refractivity contribution in [2.75, 3.05) is 5.32 Å². The number of benzene rings is 2. The van der Waals surface area contributed by atoms with Gasteiger partial charge >= 0.3 is 0 Å². The minimum absolute atomic E-state index is 0.0233. The maximum atomic E-state index is 15.1. The Morgan fingerprint density at radius 1 is 1.05 bits per heavy atom. The maximum Gasteiger partial charge on any atom is 0.274 e. The molecule has 5 aromatic rings. The molecule has 7 nitrogen and oxygen atoms in total. The Hall–Kier alpha value is -4.56. The normalized spacial score (nSPS) is 13.1. The van der Waals surface area contributed by atoms with Gasteiger partial charge in [-0.05, 0) is 71.7 Å². The highest BCUT2D eigenvalue weighted by atomic mass is 19.1. The lowest BCUT2D eigenvalue weighted by Gasteiger charge is -2.17. The zero-order chi connectivity index (χ0) is 26.4. The second-order valence-electron chi connectivity index (χ2n) is 9.59. The number of fused-ring (bicyclic) bond motifs is 1. The monoisotopic (exact) mass is 508 g/mol. The SMILES string of the molecule is Cn1cc(-c2cccc(-n3ccc4cc(C5CC5)cc(F)c4c3=O)c2CO)cc(Nc2ccccn2)c1=O. The first-order chi connectivity index (χ1) is 18.4. The number of aryl methyl sites for hydroxylation is 1. The van der Waals surface area contributed by atoms with E-state index in [9.17, 15) is 14.7 Å². The Morgan fingerprint density at radius 2 is 1.89 bits per heavy atom. The molecule has 3 heterocycles. The van der Waals surface area contributed by atoms with Crippen molar-refractivity contribution in [1.82, 2.24) is 14.1 Å². The van der Waals surface area contributed by atoms with E-state index >= 15 is 4.39 Å². The van der Waals surface area contributed by atoms with Crippen molar-refractivity contribution in [3.8, 4) is 16.8 Å². The maximum absolute atomic E-state index is 15.1. The average Bonchev–Trinajstić information content (AvgIpc) is 3.77. The van der Waals surface area contributed by atoms with E-state index in [4.69, 9.17) is 0 Å². The Kier molecular flexibility index (Phi) is 5.88. The van der Waals surface area contributed by atoms with Crippen molar-refractivity contribution < 1.29 is 9.50 Å². The van der Waals surface area contributed by atoms with Crippen LogP contribution in [-0.4, -0.2) is 19.2 Å². The van der Waals surface area contributed by atoms with Crippen LogP contribution in [0.25, 0.3) is 27.6 Å². The van der Waals surface area contributed by atoms with Crippen LogP contribution in [0, 0.1) is 5.82 Å². The van der Waals surface area contributed by atoms with Gasteiger partial charge in [-0.3, -0.25) is 14.2 Å². The molecule has 3 aromatic heterocycles. The van der Waals surface area contributed by atoms with Crippen LogP contribution in [0.5, 0.6) is 0 Å². The van der Waals surface area contributed by atoms with Gasteiger partial charge in [0.25, 0.3) is 11.1 Å². The van der Waals surface area contributed by atoms with Crippen molar-refractivity contribution in [3.05, 3.63) is 117 Å². The average molecular weight is 509 g/mol. The Morgan fingerprint density at radius 3 is 2.63 bits per heavy atom. The standard InChI is InChI=1S/C30H25FN4O3/c1-34-16-21(15-25(29(34)37)33-27-7-2-3-11-32-27)22-5-4-6-26(23(22)17-36)35-12-10-19-13-20(18-8-9-18)14-24(31)28(19)30(35)38/h2-7,10-16,18,36H,8-9,17H2,1H3,(H,32,33). The van der Waals surface area contributed by atoms with Gasteiger partial charge in [-0.2, -0.15) is 0 Å². The highest BCUT2D eigenvalue weighted by molar-refractivity contribution is 5.84. The molecular weight excluding hydrogens is 483 g/mol. The Bertz CT molecular complexity index is 1810. The van der Waals surface area contributed by atoms with E-state index < -0.39 is 11.4 Å². The Labute approximate surface area is 217 Å². The molecule has 0 spiro atoms. The van der Waals surface area contributed by atoms with Crippen LogP contribution in [0.1, 0.15) is 29.9 Å². The number of anilines is 2. The van der Waals surface area contributed by atoms with Crippen molar-refractivity contribution >= 4 is 22.3 Å². The van der Waals surface area contributed by atoms with Gasteiger partial charge in [0.2, 0.25) is 0 Å². The van der Waals surface area contributed by atoms with Gasteiger partial charge in [-0.25, -0.2) is 9.37 Å². The molecular formula is C30H25FN4O3. The zero-order valence-electron chi connectivity index (χ0n) is 20.7. The van der Waals surface area contributed by atoms with Crippen LogP contribution >= 0.6 is 0 Å². The quantitative estimate of drug-likeness (QED) is 0.337. The van der Waals surface area contributed by atoms with Gasteiger partial charge < -0.3 is 15.0 Å². The molecule has 0 saturated heterocycles. The molecule has 0 amide bonds. The van der Waals surface area contributed by atoms with Crippen molar-refractivity contribution in [2.45, 2.75) is 25.4 Å². The lowest BCUT2D eigenvalue weighted by molar-refractivity contribution is 0.282. The summed E-state index contributed by atoms with van der Waals surface area (Å²) < 4.78 is 17.9. The summed E-state index contributed by atoms with van der Waals surface area (Å²) in [6.07, 6.45) is 7.00. The van der Waals surface area contributed by atoms with Gasteiger partial charge in [0.1, 0.15) is 17.3 Å². The van der Waals surface area contributed by atoms with E-state index in [2.05, 4.69) is 10.3 Å². The van der Waals surface area contributed by atoms with Crippen LogP contribution in [-0.2, 0) is 13.7 Å². The number of aromatic nitrogens is 3. The van der Waals surface area contributed by atoms with E-state index in [1.165, 1.54) is 15.2 Å². The van der Waals surface area contributed by atoms with Gasteiger partial charge in [0, 0.05) is 36.8 Å². The fourth-order valence-electron chi connectivity index (χ4n) is 4.95. The van der Waals surface area contributed by atoms with Crippen LogP contribution in [0.4, 0.5) is 15.9 Å². The molecule has 6 rings (SSSR count). The van der Waals surface area contributed by atoms with Crippen molar-refractivity contribution in [2.24, 2.45) is 7.05 Å². The summed E-state index contributed by atoms with van der Waals surface area (Å²) in [5.74, 6) is 0.356. The highest BCUT2D eigenvalue weighted by Crippen LogP contribution is 2.41. The van der Waals surface area contributed by atoms with Gasteiger partial charge in [-0.1, -0.05) is 24.3 Å². The first kappa shape index (κ1) is 23.8. The molecule has 8 heteroatoms. The van der Waals surface area contributed by atoms with Crippen LogP contribution in [0.2, 0.25) is 0 Å². The number of hydrogen-bond donors (Lipinski definition) is 2. The number of pyridine rings is 3. The van der Waals surface area contributed by atoms with Crippen molar-refractivity contribution in [3.63, 3.8) is 0 Å². The molecule has 1 saturated carbocycles. The molecule has 1 aliphatic rings. The minimum Gasteiger partial charge on any atom is -0.392 e. The number of aliphatic hydroxyl groups is 1. The molecule has 0 radical (unpaired) electrons. The molecule has 0 aliphatic heterocycles. The van der Waals surface area contributed by atoms with E-state index in [0.717, 1.165) is 18.4 Å². The molecule has 0 atom stereocenters. The lowest BCUT2D eigenvalue weighted by atomic mass is 9.98. The number of aliphatic hydroxyl groups excluding tert-OH is 1. The Balaban J connectivity index is 1.48. The van der Waals surface area contributed by atoms with Crippen LogP contribution in [0.15, 0.2) is 88.8 Å². The molecule has 0 bridgehead atoms. The van der Waals surface area contributed by atoms with Gasteiger partial charge in [0.15, 0.2) is 0 Å². The predicted octanol–water partition coefficient (Wildman–Crippen LogP) is 5.00. The number of hydrogen-bond acceptors (Lipinski definition) is 5. The molecule has 190 valence electrons. The zero-order valence-corrected chi connectivity index (χ0v) is 20.7. The lowest BCUT2D eigenvalue weighted by Crippen LogP contribution is -2.21. The van der Waals surface area contributed by atoms with Crippen LogP contribution < -0.4 is 16.4 Å². The minimum atomic E-state index is -0.534. The van der Waals surface area contributed by atoms with Gasteiger partial charge in [-0.15, -0.1) is 0 Å². The second kappa shape index (κ2) is 9.39. The van der Waals surface area contributed by atoms with Crippen molar-refractivity contribution in [1.29, 1.82) is 0 Å². The summed E-state index contributed by atoms with van der Waals surface area (Å²) in [7, 11) is 1.64. The molecule has 2 aromatic carbocycles. The van der Waals surface area contributed by atoms with E-state index in [-0.39, 0.29) is 17.6 Å². The number of nitrogens with one attached hydrogen (secondary N) is 1. The highest BCUT2D eigenvalue weighted by Gasteiger charge is 2.25. The topological polar surface area (TPSA) is 89.2 Å². The van der Waals surface area contributed by atoms with E-state index in [0.29, 0.717) is 45.2 Å². The first-order valence-electron chi connectivity index (χ1n) is 12.4. The van der Waals surface area contributed by atoms with Crippen LogP contribution in [0.3, 0.4) is 0 Å². The number of halogens is 1. The number of nitrogens with zero attached hydrogens (tertiary/aromatic N) is 3. The second-order valence-corrected chi connectivity index (χ2v) is 9.59. The fourth-order valence-corrected chi connectivity index (χ4v) is 4.95. The smallest absolute Gasteiger partial charge is 0.274 e. The fraction of sp³-hybridized carbons (Fsp3) is 0.167. The van der Waals surface area contributed by atoms with E-state index in [1.807, 2.05) is 18.2 Å². The first-order valence-corrected chi connectivity index (χ1v) is 12.4. The molecule has 1 aliphatic carbocycles. The predicted molar refractivity (Wildman–Crippen MR) is 146 cm³/mol. The third kappa shape index (κ3) is 4.18. The third-order valence-corrected chi connectivity index (χ3v) is 7.02. The number of rotatable bonds is 6. The molecule has 38 heavy (non-hydrogen) atoms. The summed E-state index contributed by atoms with van der Waals surface area (Å²) >= 11 is 0. The molecule has 0 unspecified atom stereocenters. The summed E-state index contributed by atoms with van der Waals surface area (Å²) in [5, 5.41) is 14.1. The summed E-state index contributed by atoms with van der Waals surface area (Å²) in [5.41, 5.74) is 2.72. The third-order valence-electron chi connectivity index (χ3n) is 7.02. The largest absolute Gasteiger partial charge is 0.392 e. The molecule has 1 fully saturated rings. The van der Waals surface area contributed by atoms with E-state index in [1.54, 1.807) is 62.0 Å². The molecule has 2 N–H and O–H groups in total. The summed E-state index contributed by atoms with van der Waals surface area (Å²) in [6.45, 7) is -0.370. The van der Waals surface area contributed by atoms with Gasteiger partial charge in [0.05, 0.1) is 17.7 Å². The summed E-state index contributed by atoms with van der Waals surface area (Å²) in [4.78, 5) is 30.5.